The molecule has 1 saturated heterocycles. The maximum absolute atomic E-state index is 11.9. The summed E-state index contributed by atoms with van der Waals surface area (Å²) >= 11 is 0. The largest absolute Gasteiger partial charge is 0.390 e. The number of carbonyl (C=O) groups excluding carboxylic acids is 1. The maximum atomic E-state index is 11.9. The Kier molecular flexibility index (Phi) is 5.20. The van der Waals surface area contributed by atoms with Crippen LogP contribution in [-0.2, 0) is 14.3 Å². The number of aliphatic hydroxyl groups is 1. The fraction of sp³-hybridized carbons (Fsp3) is 0.875. The lowest BCUT2D eigenvalue weighted by atomic mass is 9.45. The maximum Gasteiger partial charge on any atom is 0.211 e. The lowest BCUT2D eigenvalue weighted by Gasteiger charge is -2.62. The Hall–Kier alpha value is -0.910. The Morgan fingerprint density at radius 3 is 2.52 bits per heavy atom. The van der Waals surface area contributed by atoms with E-state index in [1.165, 1.54) is 0 Å². The van der Waals surface area contributed by atoms with Crippen LogP contribution in [0.3, 0.4) is 0 Å². The second kappa shape index (κ2) is 7.06. The smallest absolute Gasteiger partial charge is 0.211 e. The molecule has 1 heterocycles. The molecule has 0 radical (unpaired) electrons. The average molecular weight is 406 g/mol. The fourth-order valence-corrected chi connectivity index (χ4v) is 8.60. The highest BCUT2D eigenvalue weighted by Crippen LogP contribution is 2.69. The van der Waals surface area contributed by atoms with E-state index in [-0.39, 0.29) is 16.7 Å². The normalized spacial score (nSPS) is 48.6. The average Bonchev–Trinajstić information content (AvgIpc) is 3.20. The molecule has 164 valence electrons. The summed E-state index contributed by atoms with van der Waals surface area (Å²) in [4.78, 5) is 11.3. The first-order valence-electron chi connectivity index (χ1n) is 11.5. The van der Waals surface area contributed by atoms with Gasteiger partial charge >= 0.3 is 0 Å². The van der Waals surface area contributed by atoms with Crippen LogP contribution in [0.15, 0.2) is 11.8 Å². The summed E-state index contributed by atoms with van der Waals surface area (Å²) in [6.07, 6.45) is 8.95. The SMILES string of the molecule is CCCC1(C)C(NC=O)=CCC2C1C(C)(O)CC1(C)C2CCC1C1(C)OCCO1. The van der Waals surface area contributed by atoms with Crippen molar-refractivity contribution in [1.29, 1.82) is 0 Å². The second-order valence-corrected chi connectivity index (χ2v) is 10.9. The predicted molar refractivity (Wildman–Crippen MR) is 112 cm³/mol. The number of allylic oxidation sites excluding steroid dienone is 2. The van der Waals surface area contributed by atoms with Crippen LogP contribution in [0, 0.1) is 34.5 Å². The van der Waals surface area contributed by atoms with Gasteiger partial charge in [-0.2, -0.15) is 0 Å². The molecule has 0 bridgehead atoms. The van der Waals surface area contributed by atoms with Crippen molar-refractivity contribution in [3.8, 4) is 0 Å². The van der Waals surface area contributed by atoms with Crippen molar-refractivity contribution in [3.63, 3.8) is 0 Å². The number of hydrogen-bond donors (Lipinski definition) is 2. The van der Waals surface area contributed by atoms with Crippen LogP contribution in [-0.4, -0.2) is 36.1 Å². The van der Waals surface area contributed by atoms with E-state index in [9.17, 15) is 9.90 Å². The van der Waals surface area contributed by atoms with Gasteiger partial charge in [-0.25, -0.2) is 0 Å². The topological polar surface area (TPSA) is 67.8 Å². The molecule has 3 aliphatic carbocycles. The van der Waals surface area contributed by atoms with Crippen LogP contribution in [0.2, 0.25) is 0 Å². The van der Waals surface area contributed by atoms with Crippen molar-refractivity contribution in [2.75, 3.05) is 13.2 Å². The van der Waals surface area contributed by atoms with Crippen molar-refractivity contribution in [2.45, 2.75) is 84.5 Å². The molecule has 0 aromatic carbocycles. The van der Waals surface area contributed by atoms with Crippen LogP contribution in [0.5, 0.6) is 0 Å². The van der Waals surface area contributed by atoms with Gasteiger partial charge in [-0.05, 0) is 63.2 Å². The Morgan fingerprint density at radius 2 is 1.90 bits per heavy atom. The van der Waals surface area contributed by atoms with Crippen LogP contribution < -0.4 is 5.32 Å². The highest BCUT2D eigenvalue weighted by molar-refractivity contribution is 5.51. The minimum atomic E-state index is -0.804. The van der Waals surface area contributed by atoms with Gasteiger partial charge in [-0.3, -0.25) is 4.79 Å². The molecular weight excluding hydrogens is 366 g/mol. The van der Waals surface area contributed by atoms with Crippen LogP contribution in [0.1, 0.15) is 73.1 Å². The molecule has 0 aromatic rings. The van der Waals surface area contributed by atoms with Gasteiger partial charge in [0.15, 0.2) is 5.79 Å². The summed E-state index contributed by atoms with van der Waals surface area (Å²) in [6.45, 7) is 12.3. The molecular formula is C24H39NO4. The molecule has 5 nitrogen and oxygen atoms in total. The molecule has 7 unspecified atom stereocenters. The van der Waals surface area contributed by atoms with E-state index in [0.717, 1.165) is 50.6 Å². The van der Waals surface area contributed by atoms with E-state index in [1.807, 2.05) is 6.92 Å². The lowest BCUT2D eigenvalue weighted by Crippen LogP contribution is -2.62. The molecule has 0 aromatic heterocycles. The van der Waals surface area contributed by atoms with Gasteiger partial charge in [0, 0.05) is 22.9 Å². The summed E-state index contributed by atoms with van der Waals surface area (Å²) < 4.78 is 12.2. The number of nitrogens with one attached hydrogen (secondary N) is 1. The van der Waals surface area contributed by atoms with Gasteiger partial charge in [0.2, 0.25) is 6.41 Å². The lowest BCUT2D eigenvalue weighted by molar-refractivity contribution is -0.237. The summed E-state index contributed by atoms with van der Waals surface area (Å²) in [5.41, 5.74) is -0.0310. The number of ether oxygens (including phenoxy) is 2. The summed E-state index contributed by atoms with van der Waals surface area (Å²) in [5.74, 6) is 0.844. The van der Waals surface area contributed by atoms with Gasteiger partial charge in [0.25, 0.3) is 0 Å². The van der Waals surface area contributed by atoms with Crippen molar-refractivity contribution in [2.24, 2.45) is 34.5 Å². The third-order valence-corrected chi connectivity index (χ3v) is 9.14. The van der Waals surface area contributed by atoms with Crippen LogP contribution >= 0.6 is 0 Å². The zero-order valence-electron chi connectivity index (χ0n) is 18.8. The number of fused-ring (bicyclic) bond motifs is 3. The Bertz CT molecular complexity index is 682. The van der Waals surface area contributed by atoms with Gasteiger partial charge in [-0.1, -0.05) is 33.3 Å². The van der Waals surface area contributed by atoms with E-state index in [0.29, 0.717) is 31.0 Å². The molecule has 2 N–H and O–H groups in total. The minimum Gasteiger partial charge on any atom is -0.390 e. The Labute approximate surface area is 175 Å². The van der Waals surface area contributed by atoms with Crippen molar-refractivity contribution >= 4 is 6.41 Å². The zero-order chi connectivity index (χ0) is 21.1. The first-order valence-corrected chi connectivity index (χ1v) is 11.5. The van der Waals surface area contributed by atoms with Crippen LogP contribution in [0.25, 0.3) is 0 Å². The van der Waals surface area contributed by atoms with E-state index >= 15 is 0 Å². The Morgan fingerprint density at radius 1 is 1.21 bits per heavy atom. The molecule has 4 rings (SSSR count). The van der Waals surface area contributed by atoms with Gasteiger partial charge in [0.1, 0.15) is 0 Å². The summed E-state index contributed by atoms with van der Waals surface area (Å²) in [6, 6.07) is 0. The highest BCUT2D eigenvalue weighted by Gasteiger charge is 2.67. The van der Waals surface area contributed by atoms with Crippen LogP contribution in [0.4, 0.5) is 0 Å². The number of hydrogen-bond acceptors (Lipinski definition) is 4. The quantitative estimate of drug-likeness (QED) is 0.678. The van der Waals surface area contributed by atoms with Crippen molar-refractivity contribution < 1.29 is 19.4 Å². The molecule has 1 aliphatic heterocycles. The van der Waals surface area contributed by atoms with Crippen molar-refractivity contribution in [3.05, 3.63) is 11.8 Å². The van der Waals surface area contributed by atoms with E-state index in [1.54, 1.807) is 0 Å². The standard InChI is InChI=1S/C24H39NO4/c1-6-11-21(2)19(25-15-26)10-7-16-17-8-9-18(24(5)28-12-13-29-24)22(17,3)14-23(4,27)20(16)21/h10,15-18,20,27H,6-9,11-14H2,1-5H3,(H,25,26). The molecule has 1 amide bonds. The van der Waals surface area contributed by atoms with Gasteiger partial charge < -0.3 is 19.9 Å². The van der Waals surface area contributed by atoms with E-state index in [4.69, 9.17) is 9.47 Å². The van der Waals surface area contributed by atoms with E-state index < -0.39 is 11.4 Å². The molecule has 5 heteroatoms. The third kappa shape index (κ3) is 3.02. The summed E-state index contributed by atoms with van der Waals surface area (Å²) in [7, 11) is 0. The summed E-state index contributed by atoms with van der Waals surface area (Å²) in [5, 5.41) is 14.9. The third-order valence-electron chi connectivity index (χ3n) is 9.14. The van der Waals surface area contributed by atoms with E-state index in [2.05, 4.69) is 39.1 Å². The number of rotatable bonds is 5. The molecule has 29 heavy (non-hydrogen) atoms. The highest BCUT2D eigenvalue weighted by atomic mass is 16.7. The van der Waals surface area contributed by atoms with Crippen molar-refractivity contribution in [1.82, 2.24) is 5.32 Å². The number of amides is 1. The molecule has 2 saturated carbocycles. The molecule has 3 fully saturated rings. The fourth-order valence-electron chi connectivity index (χ4n) is 8.60. The minimum absolute atomic E-state index is 0.0136. The molecule has 7 atom stereocenters. The predicted octanol–water partition coefficient (Wildman–Crippen LogP) is 4.01. The monoisotopic (exact) mass is 405 g/mol. The number of carbonyl (C=O) groups is 1. The van der Waals surface area contributed by atoms with Gasteiger partial charge in [0.05, 0.1) is 18.8 Å². The molecule has 0 spiro atoms. The van der Waals surface area contributed by atoms with Gasteiger partial charge in [-0.15, -0.1) is 0 Å². The second-order valence-electron chi connectivity index (χ2n) is 10.9. The first kappa shape index (κ1) is 21.3. The Balaban J connectivity index is 1.75. The molecule has 4 aliphatic rings. The zero-order valence-corrected chi connectivity index (χ0v) is 18.8. The first-order chi connectivity index (χ1) is 13.6.